The van der Waals surface area contributed by atoms with Crippen molar-refractivity contribution in [2.24, 2.45) is 5.92 Å². The Kier molecular flexibility index (Phi) is 5.69. The van der Waals surface area contributed by atoms with Gasteiger partial charge in [0.05, 0.1) is 10.9 Å². The number of hydrogen-bond donors (Lipinski definition) is 2. The summed E-state index contributed by atoms with van der Waals surface area (Å²) in [5.74, 6) is 0.0467. The second-order valence-electron chi connectivity index (χ2n) is 8.26. The molecule has 0 radical (unpaired) electrons. The Morgan fingerprint density at radius 2 is 2.00 bits per heavy atom. The lowest BCUT2D eigenvalue weighted by Crippen LogP contribution is -2.52. The molecule has 0 spiro atoms. The number of piperazine rings is 1. The fourth-order valence-electron chi connectivity index (χ4n) is 3.59. The molecule has 2 aromatic rings. The second-order valence-corrected chi connectivity index (χ2v) is 8.26. The number of hydrogen-bond acceptors (Lipinski definition) is 5. The molecule has 1 unspecified atom stereocenters. The SMILES string of the molecule is CC(C)Cn1c(=O)[nH]c(=O)c2c(C(=O)N3CCNCC3C)cc(C(C)C)nc21. The second kappa shape index (κ2) is 7.87. The molecule has 3 heterocycles. The summed E-state index contributed by atoms with van der Waals surface area (Å²) in [6.07, 6.45) is 0. The van der Waals surface area contributed by atoms with Crippen molar-refractivity contribution in [3.05, 3.63) is 38.2 Å². The van der Waals surface area contributed by atoms with E-state index in [1.54, 1.807) is 11.0 Å². The van der Waals surface area contributed by atoms with Crippen LogP contribution in [0.5, 0.6) is 0 Å². The number of nitrogens with zero attached hydrogens (tertiary/aromatic N) is 3. The summed E-state index contributed by atoms with van der Waals surface area (Å²) in [6.45, 7) is 12.3. The molecular weight excluding hydrogens is 358 g/mol. The summed E-state index contributed by atoms with van der Waals surface area (Å²) in [4.78, 5) is 47.4. The fourth-order valence-corrected chi connectivity index (χ4v) is 3.59. The van der Waals surface area contributed by atoms with E-state index in [1.165, 1.54) is 4.57 Å². The summed E-state index contributed by atoms with van der Waals surface area (Å²) in [5.41, 5.74) is 0.254. The van der Waals surface area contributed by atoms with Gasteiger partial charge in [-0.3, -0.25) is 19.1 Å². The monoisotopic (exact) mass is 387 g/mol. The van der Waals surface area contributed by atoms with Crippen LogP contribution in [0.15, 0.2) is 15.7 Å². The maximum absolute atomic E-state index is 13.4. The third-order valence-corrected chi connectivity index (χ3v) is 5.10. The lowest BCUT2D eigenvalue weighted by Gasteiger charge is -2.34. The lowest BCUT2D eigenvalue weighted by molar-refractivity contribution is 0.0657. The van der Waals surface area contributed by atoms with E-state index in [2.05, 4.69) is 15.3 Å². The van der Waals surface area contributed by atoms with Crippen LogP contribution in [0.2, 0.25) is 0 Å². The van der Waals surface area contributed by atoms with Crippen LogP contribution in [0.1, 0.15) is 56.6 Å². The highest BCUT2D eigenvalue weighted by Crippen LogP contribution is 2.22. The van der Waals surface area contributed by atoms with Gasteiger partial charge in [0.25, 0.3) is 11.5 Å². The van der Waals surface area contributed by atoms with Gasteiger partial charge in [0.15, 0.2) is 5.65 Å². The number of rotatable bonds is 4. The van der Waals surface area contributed by atoms with E-state index < -0.39 is 11.2 Å². The molecule has 28 heavy (non-hydrogen) atoms. The molecule has 0 aromatic carbocycles. The number of carbonyl (C=O) groups is 1. The van der Waals surface area contributed by atoms with Gasteiger partial charge in [-0.15, -0.1) is 0 Å². The van der Waals surface area contributed by atoms with Crippen molar-refractivity contribution >= 4 is 16.9 Å². The smallest absolute Gasteiger partial charge is 0.330 e. The van der Waals surface area contributed by atoms with Crippen molar-refractivity contribution in [2.75, 3.05) is 19.6 Å². The molecule has 1 atom stereocenters. The van der Waals surface area contributed by atoms with Gasteiger partial charge in [0.1, 0.15) is 0 Å². The molecule has 8 nitrogen and oxygen atoms in total. The van der Waals surface area contributed by atoms with Gasteiger partial charge in [-0.25, -0.2) is 9.78 Å². The summed E-state index contributed by atoms with van der Waals surface area (Å²) >= 11 is 0. The minimum atomic E-state index is -0.561. The van der Waals surface area contributed by atoms with Crippen molar-refractivity contribution in [3.63, 3.8) is 0 Å². The quantitative estimate of drug-likeness (QED) is 0.824. The number of aromatic nitrogens is 3. The van der Waals surface area contributed by atoms with Crippen molar-refractivity contribution < 1.29 is 4.79 Å². The standard InChI is InChI=1S/C20H29N5O3/c1-11(2)10-25-17-16(18(26)23-20(25)28)14(8-15(22-17)12(3)4)19(27)24-7-6-21-9-13(24)5/h8,11-13,21H,6-7,9-10H2,1-5H3,(H,23,26,28). The predicted molar refractivity (Wildman–Crippen MR) is 109 cm³/mol. The minimum Gasteiger partial charge on any atom is -0.333 e. The van der Waals surface area contributed by atoms with Crippen LogP contribution >= 0.6 is 0 Å². The Labute approximate surface area is 164 Å². The average molecular weight is 387 g/mol. The molecule has 1 fully saturated rings. The first-order chi connectivity index (χ1) is 13.2. The third-order valence-electron chi connectivity index (χ3n) is 5.10. The van der Waals surface area contributed by atoms with Gasteiger partial charge in [-0.2, -0.15) is 0 Å². The highest BCUT2D eigenvalue weighted by Gasteiger charge is 2.28. The van der Waals surface area contributed by atoms with Crippen molar-refractivity contribution in [1.82, 2.24) is 24.8 Å². The summed E-state index contributed by atoms with van der Waals surface area (Å²) in [6, 6.07) is 1.73. The predicted octanol–water partition coefficient (Wildman–Crippen LogP) is 1.30. The normalized spacial score (nSPS) is 17.7. The highest BCUT2D eigenvalue weighted by atomic mass is 16.2. The Morgan fingerprint density at radius 1 is 1.29 bits per heavy atom. The number of aromatic amines is 1. The van der Waals surface area contributed by atoms with Crippen LogP contribution in [0.25, 0.3) is 11.0 Å². The molecule has 2 N–H and O–H groups in total. The number of pyridine rings is 1. The highest BCUT2D eigenvalue weighted by molar-refractivity contribution is 6.05. The van der Waals surface area contributed by atoms with E-state index in [-0.39, 0.29) is 29.2 Å². The Bertz CT molecular complexity index is 1010. The maximum atomic E-state index is 13.4. The number of carbonyl (C=O) groups excluding carboxylic acids is 1. The summed E-state index contributed by atoms with van der Waals surface area (Å²) < 4.78 is 1.48. The minimum absolute atomic E-state index is 0.0209. The Morgan fingerprint density at radius 3 is 2.61 bits per heavy atom. The van der Waals surface area contributed by atoms with Gasteiger partial charge in [-0.05, 0) is 24.8 Å². The molecule has 1 aliphatic rings. The van der Waals surface area contributed by atoms with Gasteiger partial charge in [0, 0.05) is 37.9 Å². The zero-order valence-electron chi connectivity index (χ0n) is 17.2. The van der Waals surface area contributed by atoms with Crippen LogP contribution < -0.4 is 16.6 Å². The molecule has 0 saturated carbocycles. The van der Waals surface area contributed by atoms with Crippen molar-refractivity contribution in [1.29, 1.82) is 0 Å². The zero-order valence-corrected chi connectivity index (χ0v) is 17.2. The number of amides is 1. The van der Waals surface area contributed by atoms with E-state index in [0.717, 1.165) is 0 Å². The van der Waals surface area contributed by atoms with Crippen LogP contribution in [0.3, 0.4) is 0 Å². The van der Waals surface area contributed by atoms with Crippen LogP contribution in [0, 0.1) is 5.92 Å². The molecule has 1 aliphatic heterocycles. The molecule has 8 heteroatoms. The van der Waals surface area contributed by atoms with Gasteiger partial charge in [-0.1, -0.05) is 27.7 Å². The zero-order chi connectivity index (χ0) is 20.6. The molecule has 1 amide bonds. The first-order valence-corrected chi connectivity index (χ1v) is 9.90. The average Bonchev–Trinajstić information content (AvgIpc) is 2.63. The molecule has 152 valence electrons. The Balaban J connectivity index is 2.31. The third kappa shape index (κ3) is 3.73. The van der Waals surface area contributed by atoms with E-state index in [1.807, 2.05) is 34.6 Å². The molecule has 0 bridgehead atoms. The molecule has 3 rings (SSSR count). The summed E-state index contributed by atoms with van der Waals surface area (Å²) in [5, 5.41) is 3.46. The number of nitrogens with one attached hydrogen (secondary N) is 2. The topological polar surface area (TPSA) is 100 Å². The first-order valence-electron chi connectivity index (χ1n) is 9.90. The van der Waals surface area contributed by atoms with Crippen LogP contribution in [0.4, 0.5) is 0 Å². The molecule has 0 aliphatic carbocycles. The van der Waals surface area contributed by atoms with Crippen LogP contribution in [-0.4, -0.2) is 51.0 Å². The van der Waals surface area contributed by atoms with Gasteiger partial charge in [0.2, 0.25) is 0 Å². The fraction of sp³-hybridized carbons (Fsp3) is 0.600. The van der Waals surface area contributed by atoms with E-state index >= 15 is 0 Å². The van der Waals surface area contributed by atoms with Gasteiger partial charge >= 0.3 is 5.69 Å². The van der Waals surface area contributed by atoms with E-state index in [4.69, 9.17) is 0 Å². The first kappa shape index (κ1) is 20.3. The number of fused-ring (bicyclic) bond motifs is 1. The van der Waals surface area contributed by atoms with E-state index in [9.17, 15) is 14.4 Å². The lowest BCUT2D eigenvalue weighted by atomic mass is 10.0. The Hall–Kier alpha value is -2.48. The van der Waals surface area contributed by atoms with Crippen LogP contribution in [-0.2, 0) is 6.54 Å². The maximum Gasteiger partial charge on any atom is 0.330 e. The largest absolute Gasteiger partial charge is 0.333 e. The van der Waals surface area contributed by atoms with Crippen molar-refractivity contribution in [3.8, 4) is 0 Å². The molecule has 2 aromatic heterocycles. The molecular formula is C20H29N5O3. The van der Waals surface area contributed by atoms with E-state index in [0.29, 0.717) is 43.1 Å². The number of H-pyrrole nitrogens is 1. The molecule has 1 saturated heterocycles. The van der Waals surface area contributed by atoms with Gasteiger partial charge < -0.3 is 10.2 Å². The summed E-state index contributed by atoms with van der Waals surface area (Å²) in [7, 11) is 0. The van der Waals surface area contributed by atoms with Crippen molar-refractivity contribution in [2.45, 2.75) is 53.1 Å².